The maximum Gasteiger partial charge on any atom is 0.416 e. The van der Waals surface area contributed by atoms with Crippen LogP contribution in [0.1, 0.15) is 21.8 Å². The van der Waals surface area contributed by atoms with Crippen LogP contribution < -0.4 is 0 Å². The maximum absolute atomic E-state index is 12.5. The number of halogens is 3. The molecule has 0 bridgehead atoms. The van der Waals surface area contributed by atoms with Crippen LogP contribution >= 0.6 is 11.3 Å². The molecule has 0 aliphatic carbocycles. The molecule has 0 aliphatic heterocycles. The number of benzene rings is 1. The minimum Gasteiger partial charge on any atom is -0.341 e. The van der Waals surface area contributed by atoms with Crippen molar-refractivity contribution in [2.75, 3.05) is 7.05 Å². The van der Waals surface area contributed by atoms with Gasteiger partial charge >= 0.3 is 6.18 Å². The van der Waals surface area contributed by atoms with Crippen molar-refractivity contribution in [2.45, 2.75) is 26.1 Å². The van der Waals surface area contributed by atoms with E-state index < -0.39 is 11.7 Å². The molecule has 0 N–H and O–H groups in total. The van der Waals surface area contributed by atoms with E-state index in [2.05, 4.69) is 4.98 Å². The average molecular weight is 328 g/mol. The van der Waals surface area contributed by atoms with Crippen molar-refractivity contribution in [3.05, 3.63) is 51.5 Å². The van der Waals surface area contributed by atoms with Crippen molar-refractivity contribution in [1.82, 2.24) is 9.88 Å². The van der Waals surface area contributed by atoms with Crippen LogP contribution in [-0.4, -0.2) is 22.8 Å². The van der Waals surface area contributed by atoms with E-state index in [9.17, 15) is 18.0 Å². The van der Waals surface area contributed by atoms with Crippen LogP contribution in [0, 0.1) is 6.92 Å². The molecule has 22 heavy (non-hydrogen) atoms. The van der Waals surface area contributed by atoms with Gasteiger partial charge in [-0.2, -0.15) is 13.2 Å². The summed E-state index contributed by atoms with van der Waals surface area (Å²) >= 11 is 1.48. The SMILES string of the molecule is Cc1nc(CC(=O)N(C)Cc2ccc(C(F)(F)F)cc2)cs1. The first-order chi connectivity index (χ1) is 10.3. The number of aryl methyl sites for hydroxylation is 1. The molecule has 1 heterocycles. The Morgan fingerprint density at radius 2 is 1.91 bits per heavy atom. The number of alkyl halides is 3. The van der Waals surface area contributed by atoms with Crippen molar-refractivity contribution in [1.29, 1.82) is 0 Å². The van der Waals surface area contributed by atoms with Gasteiger partial charge in [0, 0.05) is 19.0 Å². The van der Waals surface area contributed by atoms with E-state index in [0.717, 1.165) is 17.1 Å². The third kappa shape index (κ3) is 4.30. The molecule has 7 heteroatoms. The Morgan fingerprint density at radius 3 is 2.41 bits per heavy atom. The predicted molar refractivity (Wildman–Crippen MR) is 78.5 cm³/mol. The lowest BCUT2D eigenvalue weighted by molar-refractivity contribution is -0.137. The van der Waals surface area contributed by atoms with Crippen LogP contribution in [0.25, 0.3) is 0 Å². The van der Waals surface area contributed by atoms with Crippen LogP contribution in [0.5, 0.6) is 0 Å². The first-order valence-corrected chi connectivity index (χ1v) is 7.45. The van der Waals surface area contributed by atoms with E-state index in [-0.39, 0.29) is 18.9 Å². The number of likely N-dealkylation sites (N-methyl/N-ethyl adjacent to an activating group) is 1. The van der Waals surface area contributed by atoms with Gasteiger partial charge in [-0.05, 0) is 24.6 Å². The van der Waals surface area contributed by atoms with Gasteiger partial charge in [-0.15, -0.1) is 11.3 Å². The highest BCUT2D eigenvalue weighted by atomic mass is 32.1. The van der Waals surface area contributed by atoms with Crippen molar-refractivity contribution in [2.24, 2.45) is 0 Å². The number of amides is 1. The molecule has 0 unspecified atom stereocenters. The van der Waals surface area contributed by atoms with Crippen LogP contribution in [0.4, 0.5) is 13.2 Å². The third-order valence-corrected chi connectivity index (χ3v) is 3.95. The molecule has 1 aromatic heterocycles. The zero-order valence-electron chi connectivity index (χ0n) is 12.1. The molecule has 2 aromatic rings. The second-order valence-electron chi connectivity index (χ2n) is 4.98. The molecule has 2 rings (SSSR count). The normalized spacial score (nSPS) is 11.5. The summed E-state index contributed by atoms with van der Waals surface area (Å²) in [6.45, 7) is 2.13. The van der Waals surface area contributed by atoms with E-state index in [1.165, 1.54) is 28.4 Å². The number of nitrogens with zero attached hydrogens (tertiary/aromatic N) is 2. The molecule has 0 saturated carbocycles. The molecule has 0 aliphatic rings. The molecule has 0 radical (unpaired) electrons. The fraction of sp³-hybridized carbons (Fsp3) is 0.333. The smallest absolute Gasteiger partial charge is 0.341 e. The number of rotatable bonds is 4. The summed E-state index contributed by atoms with van der Waals surface area (Å²) < 4.78 is 37.5. The Labute approximate surface area is 130 Å². The molecule has 3 nitrogen and oxygen atoms in total. The second kappa shape index (κ2) is 6.48. The number of carbonyl (C=O) groups is 1. The van der Waals surface area contributed by atoms with Gasteiger partial charge in [0.25, 0.3) is 0 Å². The largest absolute Gasteiger partial charge is 0.416 e. The highest BCUT2D eigenvalue weighted by Gasteiger charge is 2.29. The molecular weight excluding hydrogens is 313 g/mol. The molecule has 0 saturated heterocycles. The van der Waals surface area contributed by atoms with Gasteiger partial charge in [-0.25, -0.2) is 4.98 Å². The first kappa shape index (κ1) is 16.5. The minimum atomic E-state index is -4.34. The summed E-state index contributed by atoms with van der Waals surface area (Å²) in [6.07, 6.45) is -4.15. The summed E-state index contributed by atoms with van der Waals surface area (Å²) in [7, 11) is 1.62. The summed E-state index contributed by atoms with van der Waals surface area (Å²) in [5.41, 5.74) is 0.674. The quantitative estimate of drug-likeness (QED) is 0.858. The van der Waals surface area contributed by atoms with E-state index in [1.807, 2.05) is 12.3 Å². The molecule has 1 amide bonds. The fourth-order valence-electron chi connectivity index (χ4n) is 1.94. The zero-order chi connectivity index (χ0) is 16.3. The summed E-state index contributed by atoms with van der Waals surface area (Å²) in [4.78, 5) is 17.8. The van der Waals surface area contributed by atoms with Crippen LogP contribution in [-0.2, 0) is 23.9 Å². The van der Waals surface area contributed by atoms with Crippen molar-refractivity contribution in [3.8, 4) is 0 Å². The number of carbonyl (C=O) groups excluding carboxylic acids is 1. The summed E-state index contributed by atoms with van der Waals surface area (Å²) in [5.74, 6) is -0.120. The van der Waals surface area contributed by atoms with E-state index in [4.69, 9.17) is 0 Å². The second-order valence-corrected chi connectivity index (χ2v) is 6.04. The van der Waals surface area contributed by atoms with E-state index in [0.29, 0.717) is 11.3 Å². The zero-order valence-corrected chi connectivity index (χ0v) is 13.0. The number of thiazole rings is 1. The van der Waals surface area contributed by atoms with Crippen LogP contribution in [0.3, 0.4) is 0 Å². The Kier molecular flexibility index (Phi) is 4.85. The van der Waals surface area contributed by atoms with Crippen molar-refractivity contribution >= 4 is 17.2 Å². The topological polar surface area (TPSA) is 33.2 Å². The monoisotopic (exact) mass is 328 g/mol. The summed E-state index contributed by atoms with van der Waals surface area (Å²) in [5, 5.41) is 2.73. The van der Waals surface area contributed by atoms with Gasteiger partial charge in [-0.3, -0.25) is 4.79 Å². The predicted octanol–water partition coefficient (Wildman–Crippen LogP) is 3.67. The first-order valence-electron chi connectivity index (χ1n) is 6.57. The Bertz CT molecular complexity index is 650. The molecule has 0 spiro atoms. The number of hydrogen-bond donors (Lipinski definition) is 0. The van der Waals surface area contributed by atoms with Gasteiger partial charge < -0.3 is 4.90 Å². The number of hydrogen-bond acceptors (Lipinski definition) is 3. The third-order valence-electron chi connectivity index (χ3n) is 3.13. The van der Waals surface area contributed by atoms with E-state index >= 15 is 0 Å². The Hall–Kier alpha value is -1.89. The standard InChI is InChI=1S/C15H15F3N2OS/c1-10-19-13(9-22-10)7-14(21)20(2)8-11-3-5-12(6-4-11)15(16,17)18/h3-6,9H,7-8H2,1-2H3. The molecule has 0 atom stereocenters. The van der Waals surface area contributed by atoms with Crippen LogP contribution in [0.15, 0.2) is 29.6 Å². The Balaban J connectivity index is 1.96. The van der Waals surface area contributed by atoms with Gasteiger partial charge in [0.05, 0.1) is 22.7 Å². The highest BCUT2D eigenvalue weighted by Crippen LogP contribution is 2.29. The number of aromatic nitrogens is 1. The van der Waals surface area contributed by atoms with Crippen molar-refractivity contribution < 1.29 is 18.0 Å². The molecular formula is C15H15F3N2OS. The fourth-order valence-corrected chi connectivity index (χ4v) is 2.55. The van der Waals surface area contributed by atoms with Gasteiger partial charge in [0.2, 0.25) is 5.91 Å². The average Bonchev–Trinajstić information content (AvgIpc) is 2.83. The van der Waals surface area contributed by atoms with Gasteiger partial charge in [0.15, 0.2) is 0 Å². The highest BCUT2D eigenvalue weighted by molar-refractivity contribution is 7.09. The Morgan fingerprint density at radius 1 is 1.27 bits per heavy atom. The van der Waals surface area contributed by atoms with Crippen molar-refractivity contribution in [3.63, 3.8) is 0 Å². The lowest BCUT2D eigenvalue weighted by Gasteiger charge is -2.17. The van der Waals surface area contributed by atoms with Gasteiger partial charge in [-0.1, -0.05) is 12.1 Å². The maximum atomic E-state index is 12.5. The summed E-state index contributed by atoms with van der Waals surface area (Å²) in [6, 6.07) is 4.83. The lowest BCUT2D eigenvalue weighted by atomic mass is 10.1. The lowest BCUT2D eigenvalue weighted by Crippen LogP contribution is -2.27. The minimum absolute atomic E-state index is 0.120. The molecule has 118 valence electrons. The molecule has 1 aromatic carbocycles. The van der Waals surface area contributed by atoms with Gasteiger partial charge in [0.1, 0.15) is 0 Å². The molecule has 0 fully saturated rings. The van der Waals surface area contributed by atoms with Crippen LogP contribution in [0.2, 0.25) is 0 Å². The van der Waals surface area contributed by atoms with E-state index in [1.54, 1.807) is 7.05 Å².